The standard InChI is InChI=1S/C6H12O.C2H4O.CH4O/c1-6-4-2-3-5-7-6;1-2-3;1-2/h6H,2-5H2,1H3;2H,1H3;2H,1H3. The summed E-state index contributed by atoms with van der Waals surface area (Å²) in [5.74, 6) is 0. The Kier molecular flexibility index (Phi) is 15.5. The number of ether oxygens (including phenoxy) is 1. The number of aliphatic hydroxyl groups is 1. The summed E-state index contributed by atoms with van der Waals surface area (Å²) in [6.07, 6.45) is 5.18. The normalized spacial score (nSPS) is 20.8. The van der Waals surface area contributed by atoms with Gasteiger partial charge in [0.05, 0.1) is 6.10 Å². The molecule has 0 radical (unpaired) electrons. The van der Waals surface area contributed by atoms with Gasteiger partial charge in [0, 0.05) is 13.7 Å². The van der Waals surface area contributed by atoms with Crippen LogP contribution in [-0.4, -0.2) is 31.2 Å². The summed E-state index contributed by atoms with van der Waals surface area (Å²) in [5, 5.41) is 7.00. The highest BCUT2D eigenvalue weighted by Gasteiger charge is 2.05. The minimum atomic E-state index is 0.536. The minimum absolute atomic E-state index is 0.536. The molecule has 1 saturated heterocycles. The van der Waals surface area contributed by atoms with Crippen LogP contribution in [0.4, 0.5) is 0 Å². The maximum absolute atomic E-state index is 8.81. The van der Waals surface area contributed by atoms with Crippen molar-refractivity contribution in [3.05, 3.63) is 0 Å². The van der Waals surface area contributed by atoms with Crippen molar-refractivity contribution in [1.82, 2.24) is 0 Å². The number of rotatable bonds is 0. The molecule has 1 aliphatic heterocycles. The Morgan fingerprint density at radius 3 is 2.08 bits per heavy atom. The molecule has 0 spiro atoms. The van der Waals surface area contributed by atoms with Gasteiger partial charge in [-0.3, -0.25) is 0 Å². The van der Waals surface area contributed by atoms with E-state index in [-0.39, 0.29) is 0 Å². The van der Waals surface area contributed by atoms with Crippen molar-refractivity contribution >= 4 is 6.29 Å². The van der Waals surface area contributed by atoms with E-state index in [0.29, 0.717) is 6.10 Å². The predicted octanol–water partition coefficient (Wildman–Crippen LogP) is 1.39. The largest absolute Gasteiger partial charge is 0.400 e. The van der Waals surface area contributed by atoms with Crippen molar-refractivity contribution in [2.45, 2.75) is 39.2 Å². The first-order valence-corrected chi connectivity index (χ1v) is 4.27. The van der Waals surface area contributed by atoms with Crippen LogP contribution in [0.5, 0.6) is 0 Å². The summed E-state index contributed by atoms with van der Waals surface area (Å²) >= 11 is 0. The SMILES string of the molecule is CC1CCCCO1.CC=O.CO. The van der Waals surface area contributed by atoms with E-state index >= 15 is 0 Å². The molecule has 0 aromatic heterocycles. The summed E-state index contributed by atoms with van der Waals surface area (Å²) in [5.41, 5.74) is 0. The van der Waals surface area contributed by atoms with E-state index in [1.807, 2.05) is 0 Å². The lowest BCUT2D eigenvalue weighted by Crippen LogP contribution is -2.14. The lowest BCUT2D eigenvalue weighted by molar-refractivity contribution is -0.106. The third-order valence-electron chi connectivity index (χ3n) is 1.41. The molecule has 1 aliphatic rings. The molecule has 0 bridgehead atoms. The van der Waals surface area contributed by atoms with Gasteiger partial charge in [-0.2, -0.15) is 0 Å². The Balaban J connectivity index is 0. The lowest BCUT2D eigenvalue weighted by Gasteiger charge is -2.17. The van der Waals surface area contributed by atoms with Crippen LogP contribution < -0.4 is 0 Å². The van der Waals surface area contributed by atoms with Gasteiger partial charge < -0.3 is 14.6 Å². The molecule has 0 aromatic rings. The molecular weight excluding hydrogens is 156 g/mol. The number of hydrogen-bond acceptors (Lipinski definition) is 3. The number of aliphatic hydroxyl groups excluding tert-OH is 1. The second-order valence-corrected chi connectivity index (χ2v) is 2.41. The Hall–Kier alpha value is -0.410. The first-order valence-electron chi connectivity index (χ1n) is 4.27. The van der Waals surface area contributed by atoms with Gasteiger partial charge in [-0.05, 0) is 33.1 Å². The second kappa shape index (κ2) is 13.2. The van der Waals surface area contributed by atoms with E-state index in [0.717, 1.165) is 20.0 Å². The van der Waals surface area contributed by atoms with Crippen molar-refractivity contribution in [2.24, 2.45) is 0 Å². The topological polar surface area (TPSA) is 46.5 Å². The zero-order valence-electron chi connectivity index (χ0n) is 8.25. The number of carbonyl (C=O) groups excluding carboxylic acids is 1. The van der Waals surface area contributed by atoms with Crippen LogP contribution in [0.3, 0.4) is 0 Å². The highest BCUT2D eigenvalue weighted by molar-refractivity contribution is 5.44. The van der Waals surface area contributed by atoms with Gasteiger partial charge in [0.15, 0.2) is 0 Å². The molecular formula is C9H20O3. The van der Waals surface area contributed by atoms with E-state index in [1.54, 1.807) is 0 Å². The van der Waals surface area contributed by atoms with E-state index in [4.69, 9.17) is 14.6 Å². The third-order valence-corrected chi connectivity index (χ3v) is 1.41. The molecule has 1 heterocycles. The molecule has 0 amide bonds. The third kappa shape index (κ3) is 12.3. The second-order valence-electron chi connectivity index (χ2n) is 2.41. The van der Waals surface area contributed by atoms with Gasteiger partial charge in [0.25, 0.3) is 0 Å². The van der Waals surface area contributed by atoms with Gasteiger partial charge in [0.2, 0.25) is 0 Å². The van der Waals surface area contributed by atoms with E-state index in [1.165, 1.54) is 26.2 Å². The lowest BCUT2D eigenvalue weighted by atomic mass is 10.1. The maximum Gasteiger partial charge on any atom is 0.116 e. The Bertz CT molecular complexity index is 77.8. The molecule has 1 fully saturated rings. The first kappa shape index (κ1) is 14.1. The number of carbonyl (C=O) groups is 1. The minimum Gasteiger partial charge on any atom is -0.400 e. The average Bonchev–Trinajstić information content (AvgIpc) is 2.11. The zero-order valence-corrected chi connectivity index (χ0v) is 8.25. The van der Waals surface area contributed by atoms with Crippen LogP contribution in [0.15, 0.2) is 0 Å². The molecule has 1 N–H and O–H groups in total. The fourth-order valence-corrected chi connectivity index (χ4v) is 0.902. The Labute approximate surface area is 74.7 Å². The Morgan fingerprint density at radius 1 is 1.42 bits per heavy atom. The van der Waals surface area contributed by atoms with E-state index in [9.17, 15) is 0 Å². The molecule has 12 heavy (non-hydrogen) atoms. The van der Waals surface area contributed by atoms with Gasteiger partial charge >= 0.3 is 0 Å². The van der Waals surface area contributed by atoms with Gasteiger partial charge in [-0.15, -0.1) is 0 Å². The number of hydrogen-bond donors (Lipinski definition) is 1. The summed E-state index contributed by atoms with van der Waals surface area (Å²) in [7, 11) is 1.00. The maximum atomic E-state index is 8.81. The fraction of sp³-hybridized carbons (Fsp3) is 0.889. The molecule has 0 aliphatic carbocycles. The van der Waals surface area contributed by atoms with Crippen molar-refractivity contribution in [3.8, 4) is 0 Å². The van der Waals surface area contributed by atoms with Crippen LogP contribution >= 0.6 is 0 Å². The summed E-state index contributed by atoms with van der Waals surface area (Å²) in [6, 6.07) is 0. The van der Waals surface area contributed by atoms with Crippen molar-refractivity contribution in [3.63, 3.8) is 0 Å². The van der Waals surface area contributed by atoms with E-state index in [2.05, 4.69) is 6.92 Å². The van der Waals surface area contributed by atoms with Gasteiger partial charge in [0.1, 0.15) is 6.29 Å². The van der Waals surface area contributed by atoms with Crippen LogP contribution in [0.1, 0.15) is 33.1 Å². The monoisotopic (exact) mass is 176 g/mol. The summed E-state index contributed by atoms with van der Waals surface area (Å²) in [6.45, 7) is 4.57. The molecule has 74 valence electrons. The molecule has 3 heteroatoms. The molecule has 0 saturated carbocycles. The van der Waals surface area contributed by atoms with Crippen molar-refractivity contribution in [1.29, 1.82) is 0 Å². The van der Waals surface area contributed by atoms with E-state index < -0.39 is 0 Å². The highest BCUT2D eigenvalue weighted by atomic mass is 16.5. The van der Waals surface area contributed by atoms with Crippen LogP contribution in [0.2, 0.25) is 0 Å². The summed E-state index contributed by atoms with van der Waals surface area (Å²) in [4.78, 5) is 8.81. The van der Waals surface area contributed by atoms with Crippen LogP contribution in [0, 0.1) is 0 Å². The predicted molar refractivity (Wildman–Crippen MR) is 49.1 cm³/mol. The molecule has 0 aromatic carbocycles. The number of aldehydes is 1. The van der Waals surface area contributed by atoms with Crippen molar-refractivity contribution in [2.75, 3.05) is 13.7 Å². The molecule has 3 nitrogen and oxygen atoms in total. The van der Waals surface area contributed by atoms with Gasteiger partial charge in [-0.1, -0.05) is 0 Å². The highest BCUT2D eigenvalue weighted by Crippen LogP contribution is 2.10. The van der Waals surface area contributed by atoms with Crippen LogP contribution in [0.25, 0.3) is 0 Å². The molecule has 1 atom stereocenters. The quantitative estimate of drug-likeness (QED) is 0.567. The summed E-state index contributed by atoms with van der Waals surface area (Å²) < 4.78 is 5.28. The molecule has 1 rings (SSSR count). The van der Waals surface area contributed by atoms with Crippen molar-refractivity contribution < 1.29 is 14.6 Å². The average molecular weight is 176 g/mol. The van der Waals surface area contributed by atoms with Crippen LogP contribution in [-0.2, 0) is 9.53 Å². The Morgan fingerprint density at radius 2 is 1.92 bits per heavy atom. The first-order chi connectivity index (χ1) is 5.81. The molecule has 1 unspecified atom stereocenters. The van der Waals surface area contributed by atoms with Gasteiger partial charge in [-0.25, -0.2) is 0 Å². The fourth-order valence-electron chi connectivity index (χ4n) is 0.902. The zero-order chi connectivity index (χ0) is 9.82. The smallest absolute Gasteiger partial charge is 0.116 e.